The van der Waals surface area contributed by atoms with E-state index in [1.165, 1.54) is 18.1 Å². The second-order valence-electron chi connectivity index (χ2n) is 5.76. The van der Waals surface area contributed by atoms with Crippen LogP contribution in [0.1, 0.15) is 17.0 Å². The topological polar surface area (TPSA) is 72.7 Å². The minimum absolute atomic E-state index is 0.0693. The number of hydrogen-bond acceptors (Lipinski definition) is 5. The van der Waals surface area contributed by atoms with Crippen LogP contribution in [0.25, 0.3) is 5.82 Å². The van der Waals surface area contributed by atoms with E-state index in [0.29, 0.717) is 5.82 Å². The highest BCUT2D eigenvalue weighted by Crippen LogP contribution is 2.18. The molecule has 0 fully saturated rings. The van der Waals surface area contributed by atoms with Gasteiger partial charge in [-0.05, 0) is 39.0 Å². The van der Waals surface area contributed by atoms with Crippen LogP contribution in [-0.2, 0) is 4.79 Å². The average Bonchev–Trinajstić information content (AvgIpc) is 2.94. The van der Waals surface area contributed by atoms with E-state index < -0.39 is 0 Å². The number of rotatable bonds is 5. The van der Waals surface area contributed by atoms with Gasteiger partial charge in [0.05, 0.1) is 11.4 Å². The third-order valence-electron chi connectivity index (χ3n) is 3.54. The Kier molecular flexibility index (Phi) is 5.14. The highest BCUT2D eigenvalue weighted by molar-refractivity contribution is 7.99. The normalized spacial score (nSPS) is 10.7. The van der Waals surface area contributed by atoms with Crippen LogP contribution < -0.4 is 5.32 Å². The molecule has 0 aliphatic rings. The lowest BCUT2D eigenvalue weighted by molar-refractivity contribution is -0.113. The van der Waals surface area contributed by atoms with E-state index in [9.17, 15) is 4.79 Å². The molecule has 1 aromatic carbocycles. The summed E-state index contributed by atoms with van der Waals surface area (Å²) in [5, 5.41) is 8.03. The smallest absolute Gasteiger partial charge is 0.234 e. The fourth-order valence-corrected chi connectivity index (χ4v) is 3.02. The lowest BCUT2D eigenvalue weighted by Crippen LogP contribution is -2.14. The first-order chi connectivity index (χ1) is 12.0. The highest BCUT2D eigenvalue weighted by atomic mass is 32.2. The highest BCUT2D eigenvalue weighted by Gasteiger charge is 2.09. The number of nitrogens with zero attached hydrogens (tertiary/aromatic N) is 4. The van der Waals surface area contributed by atoms with Crippen LogP contribution in [0.3, 0.4) is 0 Å². The predicted molar refractivity (Wildman–Crippen MR) is 99.2 cm³/mol. The van der Waals surface area contributed by atoms with Crippen molar-refractivity contribution >= 4 is 23.4 Å². The maximum absolute atomic E-state index is 12.1. The summed E-state index contributed by atoms with van der Waals surface area (Å²) in [4.78, 5) is 20.6. The van der Waals surface area contributed by atoms with Crippen molar-refractivity contribution in [2.75, 3.05) is 11.1 Å². The molecule has 0 aliphatic carbocycles. The molecule has 7 heteroatoms. The number of aryl methyl sites for hydroxylation is 3. The Hall–Kier alpha value is -2.67. The summed E-state index contributed by atoms with van der Waals surface area (Å²) in [6, 6.07) is 11.5. The van der Waals surface area contributed by atoms with Gasteiger partial charge in [-0.1, -0.05) is 29.5 Å². The van der Waals surface area contributed by atoms with Crippen molar-refractivity contribution in [3.05, 3.63) is 59.7 Å². The molecule has 128 valence electrons. The van der Waals surface area contributed by atoms with Gasteiger partial charge in [0.1, 0.15) is 11.4 Å². The van der Waals surface area contributed by atoms with E-state index in [-0.39, 0.29) is 11.7 Å². The van der Waals surface area contributed by atoms with E-state index in [2.05, 4.69) is 20.4 Å². The van der Waals surface area contributed by atoms with Gasteiger partial charge in [-0.25, -0.2) is 14.6 Å². The number of carbonyl (C=O) groups is 1. The van der Waals surface area contributed by atoms with Crippen molar-refractivity contribution in [3.63, 3.8) is 0 Å². The molecule has 2 aromatic heterocycles. The first-order valence-electron chi connectivity index (χ1n) is 7.86. The number of benzene rings is 1. The van der Waals surface area contributed by atoms with Crippen LogP contribution >= 0.6 is 11.8 Å². The van der Waals surface area contributed by atoms with Gasteiger partial charge in [-0.3, -0.25) is 4.79 Å². The second kappa shape index (κ2) is 7.48. The third-order valence-corrected chi connectivity index (χ3v) is 4.47. The van der Waals surface area contributed by atoms with Gasteiger partial charge in [0.25, 0.3) is 0 Å². The van der Waals surface area contributed by atoms with Crippen molar-refractivity contribution in [2.24, 2.45) is 0 Å². The fraction of sp³-hybridized carbons (Fsp3) is 0.222. The lowest BCUT2D eigenvalue weighted by atomic mass is 10.2. The Bertz CT molecular complexity index is 889. The summed E-state index contributed by atoms with van der Waals surface area (Å²) < 4.78 is 1.77. The zero-order chi connectivity index (χ0) is 17.8. The number of nitrogens with one attached hydrogen (secondary N) is 1. The Balaban J connectivity index is 1.63. The summed E-state index contributed by atoms with van der Waals surface area (Å²) in [5.74, 6) is 0.906. The molecule has 0 saturated carbocycles. The minimum atomic E-state index is -0.0693. The first kappa shape index (κ1) is 17.2. The second-order valence-corrected chi connectivity index (χ2v) is 6.75. The summed E-state index contributed by atoms with van der Waals surface area (Å²) in [6.07, 6.45) is 1.49. The van der Waals surface area contributed by atoms with E-state index in [1.807, 2.05) is 57.2 Å². The van der Waals surface area contributed by atoms with Crippen LogP contribution in [0.4, 0.5) is 5.69 Å². The molecular formula is C18H19N5OS. The van der Waals surface area contributed by atoms with Gasteiger partial charge in [-0.15, -0.1) is 0 Å². The molecule has 0 unspecified atom stereocenters. The molecule has 0 saturated heterocycles. The maximum Gasteiger partial charge on any atom is 0.234 e. The molecule has 0 aliphatic heterocycles. The van der Waals surface area contributed by atoms with Crippen molar-refractivity contribution in [3.8, 4) is 5.82 Å². The molecule has 3 rings (SSSR count). The van der Waals surface area contributed by atoms with E-state index in [0.717, 1.165) is 27.7 Å². The number of hydrogen-bond donors (Lipinski definition) is 1. The largest absolute Gasteiger partial charge is 0.325 e. The number of carbonyl (C=O) groups excluding carboxylic acids is 1. The summed E-state index contributed by atoms with van der Waals surface area (Å²) in [5.41, 5.74) is 3.89. The molecule has 2 heterocycles. The van der Waals surface area contributed by atoms with Crippen molar-refractivity contribution in [1.29, 1.82) is 0 Å². The Morgan fingerprint density at radius 1 is 1.12 bits per heavy atom. The van der Waals surface area contributed by atoms with Crippen LogP contribution in [-0.4, -0.2) is 31.4 Å². The monoisotopic (exact) mass is 353 g/mol. The molecule has 3 aromatic rings. The Labute approximate surface area is 150 Å². The standard InChI is InChI=1S/C18H19N5OS/c1-12-4-6-15(7-5-12)21-17(24)10-25-18-9-16(19-11-20-18)23-14(3)8-13(2)22-23/h4-9,11H,10H2,1-3H3,(H,21,24). The predicted octanol–water partition coefficient (Wildman–Crippen LogP) is 3.32. The van der Waals surface area contributed by atoms with Gasteiger partial charge in [0.2, 0.25) is 5.91 Å². The number of thioether (sulfide) groups is 1. The Morgan fingerprint density at radius 3 is 2.56 bits per heavy atom. The zero-order valence-corrected chi connectivity index (χ0v) is 15.2. The van der Waals surface area contributed by atoms with Crippen LogP contribution in [0.2, 0.25) is 0 Å². The van der Waals surface area contributed by atoms with Gasteiger partial charge < -0.3 is 5.32 Å². The van der Waals surface area contributed by atoms with Crippen LogP contribution in [0, 0.1) is 20.8 Å². The molecule has 0 radical (unpaired) electrons. The average molecular weight is 353 g/mol. The summed E-state index contributed by atoms with van der Waals surface area (Å²) in [6.45, 7) is 5.93. The molecule has 0 bridgehead atoms. The summed E-state index contributed by atoms with van der Waals surface area (Å²) >= 11 is 1.37. The molecule has 1 N–H and O–H groups in total. The molecule has 6 nitrogen and oxygen atoms in total. The molecule has 0 spiro atoms. The fourth-order valence-electron chi connectivity index (χ4n) is 2.36. The maximum atomic E-state index is 12.1. The van der Waals surface area contributed by atoms with E-state index in [4.69, 9.17) is 0 Å². The minimum Gasteiger partial charge on any atom is -0.325 e. The first-order valence-corrected chi connectivity index (χ1v) is 8.85. The SMILES string of the molecule is Cc1ccc(NC(=O)CSc2cc(-n3nc(C)cc3C)ncn2)cc1. The third kappa shape index (κ3) is 4.45. The Morgan fingerprint density at radius 2 is 1.88 bits per heavy atom. The van der Waals surface area contributed by atoms with Crippen molar-refractivity contribution in [1.82, 2.24) is 19.7 Å². The number of amides is 1. The molecular weight excluding hydrogens is 334 g/mol. The molecule has 1 amide bonds. The van der Waals surface area contributed by atoms with Crippen molar-refractivity contribution in [2.45, 2.75) is 25.8 Å². The van der Waals surface area contributed by atoms with Gasteiger partial charge in [0.15, 0.2) is 5.82 Å². The summed E-state index contributed by atoms with van der Waals surface area (Å²) in [7, 11) is 0. The van der Waals surface area contributed by atoms with Gasteiger partial charge in [-0.2, -0.15) is 5.10 Å². The molecule has 0 atom stereocenters. The van der Waals surface area contributed by atoms with Gasteiger partial charge in [0, 0.05) is 17.4 Å². The quantitative estimate of drug-likeness (QED) is 0.563. The van der Waals surface area contributed by atoms with Crippen molar-refractivity contribution < 1.29 is 4.79 Å². The lowest BCUT2D eigenvalue weighted by Gasteiger charge is -2.07. The van der Waals surface area contributed by atoms with Crippen LogP contribution in [0.5, 0.6) is 0 Å². The number of anilines is 1. The van der Waals surface area contributed by atoms with Gasteiger partial charge >= 0.3 is 0 Å². The number of aromatic nitrogens is 4. The molecule has 25 heavy (non-hydrogen) atoms. The van der Waals surface area contributed by atoms with E-state index >= 15 is 0 Å². The van der Waals surface area contributed by atoms with E-state index in [1.54, 1.807) is 4.68 Å². The zero-order valence-electron chi connectivity index (χ0n) is 14.4. The van der Waals surface area contributed by atoms with Crippen LogP contribution in [0.15, 0.2) is 47.8 Å².